The molecule has 0 saturated carbocycles. The number of benzene rings is 1. The van der Waals surface area contributed by atoms with Gasteiger partial charge in [-0.3, -0.25) is 0 Å². The van der Waals surface area contributed by atoms with E-state index in [9.17, 15) is 12.8 Å². The van der Waals surface area contributed by atoms with E-state index in [1.54, 1.807) is 4.90 Å². The molecule has 0 aliphatic heterocycles. The Bertz CT molecular complexity index is 1210. The molecular weight excluding hydrogens is 365 g/mol. The van der Waals surface area contributed by atoms with E-state index in [-0.39, 0.29) is 15.6 Å². The Morgan fingerprint density at radius 3 is 2.76 bits per heavy atom. The smallest absolute Gasteiger partial charge is 0.229 e. The number of fused-ring (bicyclic) bond motifs is 3. The Morgan fingerprint density at radius 2 is 2.04 bits per heavy atom. The Hall–Kier alpha value is -2.59. The molecule has 0 aliphatic rings. The van der Waals surface area contributed by atoms with E-state index in [0.717, 1.165) is 10.8 Å². The molecule has 4 rings (SSSR count). The fraction of sp³-hybridized carbons (Fsp3) is 0.133. The van der Waals surface area contributed by atoms with E-state index < -0.39 is 15.7 Å². The molecule has 7 nitrogen and oxygen atoms in total. The highest BCUT2D eigenvalue weighted by atomic mass is 32.2. The van der Waals surface area contributed by atoms with E-state index in [4.69, 9.17) is 0 Å². The number of halogens is 1. The van der Waals surface area contributed by atoms with Crippen LogP contribution in [0.1, 0.15) is 0 Å². The lowest BCUT2D eigenvalue weighted by molar-refractivity contribution is 0.587. The summed E-state index contributed by atoms with van der Waals surface area (Å²) in [5.41, 5.74) is 0.825. The maximum atomic E-state index is 13.5. The summed E-state index contributed by atoms with van der Waals surface area (Å²) in [6, 6.07) is 6.62. The van der Waals surface area contributed by atoms with Crippen LogP contribution in [-0.4, -0.2) is 42.3 Å². The van der Waals surface area contributed by atoms with Gasteiger partial charge in [0.15, 0.2) is 5.65 Å². The van der Waals surface area contributed by atoms with Crippen LogP contribution in [0.3, 0.4) is 0 Å². The highest BCUT2D eigenvalue weighted by Gasteiger charge is 2.27. The zero-order valence-corrected chi connectivity index (χ0v) is 14.8. The van der Waals surface area contributed by atoms with Gasteiger partial charge in [-0.25, -0.2) is 17.8 Å². The van der Waals surface area contributed by atoms with Crippen LogP contribution in [0.25, 0.3) is 15.9 Å². The minimum Gasteiger partial charge on any atom is -0.361 e. The van der Waals surface area contributed by atoms with Crippen LogP contribution < -0.4 is 4.90 Å². The molecule has 25 heavy (non-hydrogen) atoms. The van der Waals surface area contributed by atoms with Gasteiger partial charge in [0.2, 0.25) is 14.9 Å². The molecule has 0 N–H and O–H groups in total. The predicted molar refractivity (Wildman–Crippen MR) is 92.3 cm³/mol. The number of rotatable bonds is 3. The second-order valence-electron chi connectivity index (χ2n) is 5.56. The average molecular weight is 377 g/mol. The quantitative estimate of drug-likeness (QED) is 0.545. The van der Waals surface area contributed by atoms with E-state index in [1.807, 2.05) is 25.5 Å². The number of nitrogens with zero attached hydrogens (tertiary/aromatic N) is 5. The molecule has 0 radical (unpaired) electrons. The van der Waals surface area contributed by atoms with Crippen LogP contribution >= 0.6 is 11.3 Å². The van der Waals surface area contributed by atoms with E-state index in [0.29, 0.717) is 11.3 Å². The summed E-state index contributed by atoms with van der Waals surface area (Å²) < 4.78 is 41.5. The summed E-state index contributed by atoms with van der Waals surface area (Å²) in [7, 11) is -0.407. The van der Waals surface area contributed by atoms with Gasteiger partial charge in [0.05, 0.1) is 15.1 Å². The van der Waals surface area contributed by atoms with Gasteiger partial charge < -0.3 is 4.90 Å². The van der Waals surface area contributed by atoms with Gasteiger partial charge in [0.1, 0.15) is 11.6 Å². The SMILES string of the molecule is CN(C)c1nc2c(S(=O)(=O)c3cccc(F)c3)nnn2c2ccsc12. The first-order valence-electron chi connectivity index (χ1n) is 7.20. The summed E-state index contributed by atoms with van der Waals surface area (Å²) in [4.78, 5) is 6.06. The first-order chi connectivity index (χ1) is 11.9. The van der Waals surface area contributed by atoms with E-state index >= 15 is 0 Å². The fourth-order valence-corrected chi connectivity index (χ4v) is 4.74. The number of thiophene rings is 1. The van der Waals surface area contributed by atoms with Crippen LogP contribution in [0.15, 0.2) is 45.6 Å². The standard InChI is InChI=1S/C15H12FN5O2S2/c1-20(2)13-12-11(6-7-24-12)21-14(17-13)15(18-19-21)25(22,23)10-5-3-4-9(16)8-10/h3-8H,1-2H3. The lowest BCUT2D eigenvalue weighted by Crippen LogP contribution is -2.12. The molecule has 3 aromatic heterocycles. The number of sulfone groups is 1. The number of aromatic nitrogens is 4. The monoisotopic (exact) mass is 377 g/mol. The van der Waals surface area contributed by atoms with Gasteiger partial charge in [-0.2, -0.15) is 4.52 Å². The summed E-state index contributed by atoms with van der Waals surface area (Å²) >= 11 is 1.48. The number of anilines is 1. The van der Waals surface area contributed by atoms with Gasteiger partial charge in [-0.05, 0) is 29.6 Å². The summed E-state index contributed by atoms with van der Waals surface area (Å²) in [5.74, 6) is -0.0183. The first kappa shape index (κ1) is 15.9. The maximum Gasteiger partial charge on any atom is 0.229 e. The van der Waals surface area contributed by atoms with Crippen LogP contribution in [0.4, 0.5) is 10.2 Å². The molecule has 0 atom stereocenters. The summed E-state index contributed by atoms with van der Waals surface area (Å²) in [6.45, 7) is 0. The zero-order valence-electron chi connectivity index (χ0n) is 13.2. The van der Waals surface area contributed by atoms with Crippen molar-refractivity contribution < 1.29 is 12.8 Å². The van der Waals surface area contributed by atoms with Crippen molar-refractivity contribution in [1.29, 1.82) is 0 Å². The van der Waals surface area contributed by atoms with E-state index in [1.165, 1.54) is 34.1 Å². The van der Waals surface area contributed by atoms with Crippen molar-refractivity contribution in [3.05, 3.63) is 41.5 Å². The normalized spacial score (nSPS) is 12.1. The van der Waals surface area contributed by atoms with Gasteiger partial charge in [0, 0.05) is 14.1 Å². The van der Waals surface area contributed by atoms with Crippen LogP contribution in [0.5, 0.6) is 0 Å². The number of hydrogen-bond acceptors (Lipinski definition) is 7. The summed E-state index contributed by atoms with van der Waals surface area (Å²) in [5, 5.41) is 9.36. The largest absolute Gasteiger partial charge is 0.361 e. The van der Waals surface area contributed by atoms with Crippen molar-refractivity contribution in [3.63, 3.8) is 0 Å². The van der Waals surface area contributed by atoms with Gasteiger partial charge in [0.25, 0.3) is 0 Å². The highest BCUT2D eigenvalue weighted by molar-refractivity contribution is 7.91. The summed E-state index contributed by atoms with van der Waals surface area (Å²) in [6.07, 6.45) is 0. The molecular formula is C15H12FN5O2S2. The Kier molecular flexibility index (Phi) is 3.48. The molecule has 0 saturated heterocycles. The molecule has 10 heteroatoms. The van der Waals surface area contributed by atoms with Crippen LogP contribution in [0.2, 0.25) is 0 Å². The third kappa shape index (κ3) is 2.36. The molecule has 0 unspecified atom stereocenters. The van der Waals surface area contributed by atoms with Crippen molar-refractivity contribution in [3.8, 4) is 0 Å². The molecule has 0 fully saturated rings. The third-order valence-electron chi connectivity index (χ3n) is 3.69. The first-order valence-corrected chi connectivity index (χ1v) is 9.56. The van der Waals surface area contributed by atoms with Crippen molar-refractivity contribution in [2.75, 3.05) is 19.0 Å². The van der Waals surface area contributed by atoms with Crippen molar-refractivity contribution in [1.82, 2.24) is 19.8 Å². The second kappa shape index (κ2) is 5.46. The number of hydrogen-bond donors (Lipinski definition) is 0. The Balaban J connectivity index is 2.05. The highest BCUT2D eigenvalue weighted by Crippen LogP contribution is 2.32. The molecule has 128 valence electrons. The van der Waals surface area contributed by atoms with Crippen LogP contribution in [0, 0.1) is 5.82 Å². The zero-order chi connectivity index (χ0) is 17.8. The Morgan fingerprint density at radius 1 is 1.24 bits per heavy atom. The van der Waals surface area contributed by atoms with Gasteiger partial charge >= 0.3 is 0 Å². The molecule has 0 aliphatic carbocycles. The van der Waals surface area contributed by atoms with E-state index in [2.05, 4.69) is 15.3 Å². The molecule has 1 aromatic carbocycles. The average Bonchev–Trinajstić information content (AvgIpc) is 3.20. The third-order valence-corrected chi connectivity index (χ3v) is 6.24. The minimum absolute atomic E-state index is 0.110. The van der Waals surface area contributed by atoms with Crippen molar-refractivity contribution in [2.45, 2.75) is 9.92 Å². The molecule has 0 amide bonds. The topological polar surface area (TPSA) is 80.5 Å². The van der Waals surface area contributed by atoms with Gasteiger partial charge in [-0.15, -0.1) is 16.4 Å². The predicted octanol–water partition coefficient (Wildman–Crippen LogP) is 2.38. The molecule has 4 aromatic rings. The van der Waals surface area contributed by atoms with Gasteiger partial charge in [-0.1, -0.05) is 11.3 Å². The van der Waals surface area contributed by atoms with Crippen molar-refractivity contribution in [2.24, 2.45) is 0 Å². The van der Waals surface area contributed by atoms with Crippen molar-refractivity contribution >= 4 is 42.9 Å². The second-order valence-corrected chi connectivity index (χ2v) is 8.34. The molecule has 0 spiro atoms. The minimum atomic E-state index is -4.05. The van der Waals surface area contributed by atoms with Crippen LogP contribution in [-0.2, 0) is 9.84 Å². The Labute approximate surface area is 146 Å². The lowest BCUT2D eigenvalue weighted by atomic mass is 10.4. The maximum absolute atomic E-state index is 13.5. The lowest BCUT2D eigenvalue weighted by Gasteiger charge is -2.12. The molecule has 0 bridgehead atoms. The fourth-order valence-electron chi connectivity index (χ4n) is 2.53. The molecule has 3 heterocycles.